The molecule has 4 heteroatoms. The maximum Gasteiger partial charge on any atom is 0.230 e. The van der Waals surface area contributed by atoms with Crippen LogP contribution < -0.4 is 5.32 Å². The third kappa shape index (κ3) is 2.87. The molecule has 0 spiro atoms. The van der Waals surface area contributed by atoms with Gasteiger partial charge in [0.25, 0.3) is 0 Å². The van der Waals surface area contributed by atoms with Crippen LogP contribution >= 0.6 is 0 Å². The van der Waals surface area contributed by atoms with E-state index in [1.807, 2.05) is 44.0 Å². The molecule has 20 heavy (non-hydrogen) atoms. The van der Waals surface area contributed by atoms with E-state index in [0.29, 0.717) is 6.54 Å². The van der Waals surface area contributed by atoms with Crippen LogP contribution in [-0.4, -0.2) is 22.9 Å². The van der Waals surface area contributed by atoms with Gasteiger partial charge in [-0.15, -0.1) is 0 Å². The Morgan fingerprint density at radius 1 is 1.45 bits per heavy atom. The van der Waals surface area contributed by atoms with Crippen molar-refractivity contribution in [2.45, 2.75) is 52.0 Å². The van der Waals surface area contributed by atoms with Crippen LogP contribution in [0.5, 0.6) is 0 Å². The van der Waals surface area contributed by atoms with Crippen molar-refractivity contribution in [1.82, 2.24) is 10.2 Å². The largest absolute Gasteiger partial charge is 0.356 e. The van der Waals surface area contributed by atoms with Gasteiger partial charge in [0.05, 0.1) is 6.07 Å². The summed E-state index contributed by atoms with van der Waals surface area (Å²) in [4.78, 5) is 14.3. The molecule has 2 aliphatic rings. The molecule has 0 aromatic carbocycles. The van der Waals surface area contributed by atoms with Gasteiger partial charge >= 0.3 is 0 Å². The van der Waals surface area contributed by atoms with Gasteiger partial charge in [0.15, 0.2) is 0 Å². The lowest BCUT2D eigenvalue weighted by molar-refractivity contribution is -0.129. The SMILES string of the molecule is CC1(C(=O)NC2=CCN(C(C)(C)C#N)C=C2)CCCC1. The van der Waals surface area contributed by atoms with Gasteiger partial charge in [0.2, 0.25) is 5.91 Å². The predicted octanol–water partition coefficient (Wildman–Crippen LogP) is 2.70. The number of amides is 1. The van der Waals surface area contributed by atoms with Crippen molar-refractivity contribution in [3.05, 3.63) is 24.0 Å². The van der Waals surface area contributed by atoms with Crippen LogP contribution in [0.4, 0.5) is 0 Å². The summed E-state index contributed by atoms with van der Waals surface area (Å²) in [5.74, 6) is 0.124. The van der Waals surface area contributed by atoms with Crippen molar-refractivity contribution in [1.29, 1.82) is 5.26 Å². The van der Waals surface area contributed by atoms with Gasteiger partial charge in [-0.2, -0.15) is 5.26 Å². The third-order valence-electron chi connectivity index (χ3n) is 4.45. The Morgan fingerprint density at radius 2 is 2.10 bits per heavy atom. The molecule has 108 valence electrons. The molecule has 0 aromatic rings. The van der Waals surface area contributed by atoms with Gasteiger partial charge < -0.3 is 10.2 Å². The Balaban J connectivity index is 1.96. The molecule has 4 nitrogen and oxygen atoms in total. The van der Waals surface area contributed by atoms with E-state index in [9.17, 15) is 4.79 Å². The summed E-state index contributed by atoms with van der Waals surface area (Å²) in [6.07, 6.45) is 9.96. The standard InChI is InChI=1S/C16H23N3O/c1-15(2,12-17)19-10-6-13(7-11-19)18-14(20)16(3)8-4-5-9-16/h6-7,10H,4-5,8-9,11H2,1-3H3,(H,18,20). The fourth-order valence-corrected chi connectivity index (χ4v) is 2.73. The molecular weight excluding hydrogens is 250 g/mol. The highest BCUT2D eigenvalue weighted by atomic mass is 16.2. The molecule has 1 aliphatic carbocycles. The van der Waals surface area contributed by atoms with Crippen molar-refractivity contribution in [3.8, 4) is 6.07 Å². The van der Waals surface area contributed by atoms with E-state index in [2.05, 4.69) is 11.4 Å². The number of carbonyl (C=O) groups excluding carboxylic acids is 1. The number of nitrogens with zero attached hydrogens (tertiary/aromatic N) is 2. The summed E-state index contributed by atoms with van der Waals surface area (Å²) >= 11 is 0. The Hall–Kier alpha value is -1.76. The van der Waals surface area contributed by atoms with Crippen LogP contribution in [0, 0.1) is 16.7 Å². The second kappa shape index (κ2) is 5.32. The van der Waals surface area contributed by atoms with Crippen molar-refractivity contribution >= 4 is 5.91 Å². The van der Waals surface area contributed by atoms with E-state index >= 15 is 0 Å². The maximum atomic E-state index is 12.3. The van der Waals surface area contributed by atoms with Crippen LogP contribution in [-0.2, 0) is 4.79 Å². The summed E-state index contributed by atoms with van der Waals surface area (Å²) < 4.78 is 0. The van der Waals surface area contributed by atoms with E-state index in [1.54, 1.807) is 0 Å². The molecule has 0 saturated heterocycles. The summed E-state index contributed by atoms with van der Waals surface area (Å²) in [5, 5.41) is 12.1. The molecule has 0 atom stereocenters. The molecule has 0 radical (unpaired) electrons. The number of hydrogen-bond donors (Lipinski definition) is 1. The molecule has 0 aromatic heterocycles. The number of hydrogen-bond acceptors (Lipinski definition) is 3. The highest BCUT2D eigenvalue weighted by Gasteiger charge is 2.36. The third-order valence-corrected chi connectivity index (χ3v) is 4.45. The van der Waals surface area contributed by atoms with Gasteiger partial charge in [-0.05, 0) is 38.8 Å². The van der Waals surface area contributed by atoms with E-state index in [4.69, 9.17) is 5.26 Å². The summed E-state index contributed by atoms with van der Waals surface area (Å²) in [6, 6.07) is 2.28. The molecule has 1 aliphatic heterocycles. The lowest BCUT2D eigenvalue weighted by Crippen LogP contribution is -2.42. The first kappa shape index (κ1) is 14.6. The molecule has 1 saturated carbocycles. The zero-order valence-corrected chi connectivity index (χ0v) is 12.6. The van der Waals surface area contributed by atoms with Crippen molar-refractivity contribution < 1.29 is 4.79 Å². The normalized spacial score (nSPS) is 21.3. The quantitative estimate of drug-likeness (QED) is 0.860. The van der Waals surface area contributed by atoms with Crippen LogP contribution in [0.3, 0.4) is 0 Å². The molecule has 1 heterocycles. The van der Waals surface area contributed by atoms with E-state index < -0.39 is 5.54 Å². The van der Waals surface area contributed by atoms with Crippen LogP contribution in [0.1, 0.15) is 46.5 Å². The minimum atomic E-state index is -0.528. The molecule has 0 bridgehead atoms. The van der Waals surface area contributed by atoms with Crippen LogP contribution in [0.25, 0.3) is 0 Å². The van der Waals surface area contributed by atoms with Crippen LogP contribution in [0.2, 0.25) is 0 Å². The second-order valence-electron chi connectivity index (χ2n) is 6.52. The fourth-order valence-electron chi connectivity index (χ4n) is 2.73. The van der Waals surface area contributed by atoms with Gasteiger partial charge in [-0.25, -0.2) is 0 Å². The van der Waals surface area contributed by atoms with Crippen molar-refractivity contribution in [3.63, 3.8) is 0 Å². The monoisotopic (exact) mass is 273 g/mol. The summed E-state index contributed by atoms with van der Waals surface area (Å²) in [6.45, 7) is 6.46. The average Bonchev–Trinajstić information content (AvgIpc) is 2.88. The van der Waals surface area contributed by atoms with E-state index in [1.165, 1.54) is 0 Å². The molecule has 1 fully saturated rings. The number of allylic oxidation sites excluding steroid dienone is 1. The smallest absolute Gasteiger partial charge is 0.230 e. The average molecular weight is 273 g/mol. The van der Waals surface area contributed by atoms with Gasteiger partial charge in [-0.1, -0.05) is 19.8 Å². The first-order valence-corrected chi connectivity index (χ1v) is 7.25. The second-order valence-corrected chi connectivity index (χ2v) is 6.52. The number of rotatable bonds is 3. The fraction of sp³-hybridized carbons (Fsp3) is 0.625. The Labute approximate surface area is 121 Å². The van der Waals surface area contributed by atoms with Crippen molar-refractivity contribution in [2.75, 3.05) is 6.54 Å². The minimum Gasteiger partial charge on any atom is -0.356 e. The van der Waals surface area contributed by atoms with Gasteiger partial charge in [0.1, 0.15) is 5.54 Å². The number of nitrogens with one attached hydrogen (secondary N) is 1. The molecular formula is C16H23N3O. The van der Waals surface area contributed by atoms with Gasteiger partial charge in [0, 0.05) is 23.9 Å². The van der Waals surface area contributed by atoms with Crippen molar-refractivity contribution in [2.24, 2.45) is 5.41 Å². The molecule has 1 N–H and O–H groups in total. The number of nitriles is 1. The lowest BCUT2D eigenvalue weighted by atomic mass is 9.87. The van der Waals surface area contributed by atoms with E-state index in [0.717, 1.165) is 31.4 Å². The predicted molar refractivity (Wildman–Crippen MR) is 78.3 cm³/mol. The first-order chi connectivity index (χ1) is 9.37. The van der Waals surface area contributed by atoms with E-state index in [-0.39, 0.29) is 11.3 Å². The van der Waals surface area contributed by atoms with Crippen LogP contribution in [0.15, 0.2) is 24.0 Å². The van der Waals surface area contributed by atoms with Gasteiger partial charge in [-0.3, -0.25) is 4.79 Å². The maximum absolute atomic E-state index is 12.3. The lowest BCUT2D eigenvalue weighted by Gasteiger charge is -2.33. The topological polar surface area (TPSA) is 56.1 Å². The number of carbonyl (C=O) groups is 1. The Bertz CT molecular complexity index is 490. The minimum absolute atomic E-state index is 0.124. The molecule has 1 amide bonds. The zero-order chi connectivity index (χ0) is 14.8. The summed E-state index contributed by atoms with van der Waals surface area (Å²) in [5.41, 5.74) is 0.102. The summed E-state index contributed by atoms with van der Waals surface area (Å²) in [7, 11) is 0. The Morgan fingerprint density at radius 3 is 2.60 bits per heavy atom. The Kier molecular flexibility index (Phi) is 3.89. The zero-order valence-electron chi connectivity index (χ0n) is 12.6. The first-order valence-electron chi connectivity index (χ1n) is 7.25. The highest BCUT2D eigenvalue weighted by molar-refractivity contribution is 5.84. The molecule has 2 rings (SSSR count). The highest BCUT2D eigenvalue weighted by Crippen LogP contribution is 2.37. The molecule has 0 unspecified atom stereocenters.